The summed E-state index contributed by atoms with van der Waals surface area (Å²) in [6.07, 6.45) is 2.14. The number of hydrogen-bond donors (Lipinski definition) is 1. The molecule has 1 aromatic carbocycles. The van der Waals surface area contributed by atoms with Crippen molar-refractivity contribution in [2.75, 3.05) is 6.54 Å². The van der Waals surface area contributed by atoms with Crippen LogP contribution in [0.5, 0.6) is 0 Å². The maximum absolute atomic E-state index is 6.24. The zero-order valence-corrected chi connectivity index (χ0v) is 13.9. The molecule has 0 saturated heterocycles. The Balaban J connectivity index is 2.98. The molecule has 0 radical (unpaired) electrons. The number of benzene rings is 1. The van der Waals surface area contributed by atoms with Gasteiger partial charge in [0.15, 0.2) is 0 Å². The first kappa shape index (κ1) is 16.6. The van der Waals surface area contributed by atoms with Gasteiger partial charge in [0.05, 0.1) is 10.0 Å². The summed E-state index contributed by atoms with van der Waals surface area (Å²) in [6, 6.07) is 5.73. The van der Waals surface area contributed by atoms with E-state index in [2.05, 4.69) is 46.0 Å². The van der Waals surface area contributed by atoms with Gasteiger partial charge in [-0.3, -0.25) is 0 Å². The second-order valence-corrected chi connectivity index (χ2v) is 6.91. The highest BCUT2D eigenvalue weighted by atomic mass is 35.5. The minimum Gasteiger partial charge on any atom is -0.308 e. The molecule has 106 valence electrons. The summed E-state index contributed by atoms with van der Waals surface area (Å²) in [5, 5.41) is 4.74. The molecule has 19 heavy (non-hydrogen) atoms. The zero-order chi connectivity index (χ0) is 14.6. The van der Waals surface area contributed by atoms with E-state index in [1.165, 1.54) is 5.57 Å². The fourth-order valence-electron chi connectivity index (χ4n) is 1.62. The van der Waals surface area contributed by atoms with Gasteiger partial charge < -0.3 is 5.32 Å². The summed E-state index contributed by atoms with van der Waals surface area (Å²) in [6.45, 7) is 11.7. The van der Waals surface area contributed by atoms with Crippen LogP contribution < -0.4 is 5.32 Å². The lowest BCUT2D eigenvalue weighted by Crippen LogP contribution is -2.37. The van der Waals surface area contributed by atoms with Crippen molar-refractivity contribution in [1.82, 2.24) is 5.32 Å². The Hall–Kier alpha value is -0.500. The molecule has 0 aromatic heterocycles. The normalized spacial score (nSPS) is 13.2. The number of nitrogens with one attached hydrogen (secondary N) is 1. The fraction of sp³-hybridized carbons (Fsp3) is 0.500. The molecule has 0 saturated carbocycles. The van der Waals surface area contributed by atoms with Crippen molar-refractivity contribution in [2.24, 2.45) is 5.92 Å². The first-order chi connectivity index (χ1) is 8.70. The van der Waals surface area contributed by atoms with E-state index in [1.807, 2.05) is 18.2 Å². The molecule has 0 unspecified atom stereocenters. The molecule has 0 bridgehead atoms. The Labute approximate surface area is 127 Å². The first-order valence-corrected chi connectivity index (χ1v) is 7.36. The molecular formula is C16H23Cl2N. The van der Waals surface area contributed by atoms with E-state index in [0.717, 1.165) is 12.1 Å². The molecule has 1 aromatic rings. The van der Waals surface area contributed by atoms with E-state index in [4.69, 9.17) is 23.2 Å². The van der Waals surface area contributed by atoms with Crippen molar-refractivity contribution in [3.8, 4) is 0 Å². The lowest BCUT2D eigenvalue weighted by atomic mass is 9.98. The fourth-order valence-corrected chi connectivity index (χ4v) is 1.98. The Morgan fingerprint density at radius 2 is 1.89 bits per heavy atom. The van der Waals surface area contributed by atoms with Gasteiger partial charge in [-0.2, -0.15) is 0 Å². The predicted octanol–water partition coefficient (Wildman–Crippen LogP) is 5.42. The first-order valence-electron chi connectivity index (χ1n) is 6.60. The Bertz CT molecular complexity index is 456. The van der Waals surface area contributed by atoms with Crippen LogP contribution in [0.15, 0.2) is 23.8 Å². The lowest BCUT2D eigenvalue weighted by Gasteiger charge is -2.23. The van der Waals surface area contributed by atoms with Crippen LogP contribution in [-0.4, -0.2) is 12.1 Å². The summed E-state index contributed by atoms with van der Waals surface area (Å²) >= 11 is 12.3. The monoisotopic (exact) mass is 299 g/mol. The molecule has 1 nitrogen and oxygen atoms in total. The Morgan fingerprint density at radius 1 is 1.26 bits per heavy atom. The molecule has 1 rings (SSSR count). The van der Waals surface area contributed by atoms with Crippen molar-refractivity contribution in [2.45, 2.75) is 40.2 Å². The van der Waals surface area contributed by atoms with Crippen molar-refractivity contribution in [3.05, 3.63) is 39.4 Å². The van der Waals surface area contributed by atoms with Gasteiger partial charge in [0.2, 0.25) is 0 Å². The van der Waals surface area contributed by atoms with Gasteiger partial charge >= 0.3 is 0 Å². The molecule has 0 fully saturated rings. The largest absolute Gasteiger partial charge is 0.308 e. The molecule has 0 heterocycles. The highest BCUT2D eigenvalue weighted by molar-refractivity contribution is 6.42. The maximum Gasteiger partial charge on any atom is 0.0664 e. The summed E-state index contributed by atoms with van der Waals surface area (Å²) in [5.74, 6) is 0.463. The van der Waals surface area contributed by atoms with Gasteiger partial charge in [0.1, 0.15) is 0 Å². The summed E-state index contributed by atoms with van der Waals surface area (Å²) in [7, 11) is 0. The van der Waals surface area contributed by atoms with E-state index in [0.29, 0.717) is 16.0 Å². The minimum absolute atomic E-state index is 0.103. The van der Waals surface area contributed by atoms with Crippen LogP contribution in [0.25, 0.3) is 6.08 Å². The number of halogens is 2. The van der Waals surface area contributed by atoms with Crippen molar-refractivity contribution >= 4 is 29.3 Å². The van der Waals surface area contributed by atoms with Gasteiger partial charge in [0, 0.05) is 12.1 Å². The van der Waals surface area contributed by atoms with Crippen LogP contribution in [0, 0.1) is 5.92 Å². The van der Waals surface area contributed by atoms with Crippen LogP contribution in [0.4, 0.5) is 0 Å². The van der Waals surface area contributed by atoms with E-state index in [9.17, 15) is 0 Å². The third-order valence-electron chi connectivity index (χ3n) is 2.89. The van der Waals surface area contributed by atoms with Gasteiger partial charge in [-0.05, 0) is 38.3 Å². The smallest absolute Gasteiger partial charge is 0.0664 e. The molecule has 0 amide bonds. The minimum atomic E-state index is 0.103. The SMILES string of the molecule is CC(C)C(=Cc1cccc(Cl)c1Cl)CNC(C)(C)C. The van der Waals surface area contributed by atoms with Crippen LogP contribution in [0.2, 0.25) is 10.0 Å². The van der Waals surface area contributed by atoms with Crippen LogP contribution in [0.3, 0.4) is 0 Å². The molecule has 1 N–H and O–H groups in total. The van der Waals surface area contributed by atoms with Crippen molar-refractivity contribution < 1.29 is 0 Å². The highest BCUT2D eigenvalue weighted by Crippen LogP contribution is 2.28. The molecule has 0 aliphatic carbocycles. The number of rotatable bonds is 4. The standard InChI is InChI=1S/C16H23Cl2N/c1-11(2)13(10-19-16(3,4)5)9-12-7-6-8-14(17)15(12)18/h6-9,11,19H,10H2,1-5H3. The molecule has 3 heteroatoms. The van der Waals surface area contributed by atoms with E-state index < -0.39 is 0 Å². The van der Waals surface area contributed by atoms with Crippen LogP contribution >= 0.6 is 23.2 Å². The third-order valence-corrected chi connectivity index (χ3v) is 3.72. The van der Waals surface area contributed by atoms with E-state index >= 15 is 0 Å². The zero-order valence-electron chi connectivity index (χ0n) is 12.3. The average molecular weight is 300 g/mol. The molecular weight excluding hydrogens is 277 g/mol. The second kappa shape index (κ2) is 6.78. The van der Waals surface area contributed by atoms with Gasteiger partial charge in [-0.25, -0.2) is 0 Å². The van der Waals surface area contributed by atoms with Crippen LogP contribution in [-0.2, 0) is 0 Å². The van der Waals surface area contributed by atoms with E-state index in [1.54, 1.807) is 0 Å². The topological polar surface area (TPSA) is 12.0 Å². The predicted molar refractivity (Wildman–Crippen MR) is 87.0 cm³/mol. The quantitative estimate of drug-likeness (QED) is 0.782. The Morgan fingerprint density at radius 3 is 2.42 bits per heavy atom. The lowest BCUT2D eigenvalue weighted by molar-refractivity contribution is 0.437. The molecule has 0 atom stereocenters. The average Bonchev–Trinajstić information content (AvgIpc) is 2.28. The van der Waals surface area contributed by atoms with Gasteiger partial charge in [-0.1, -0.05) is 60.8 Å². The van der Waals surface area contributed by atoms with Crippen molar-refractivity contribution in [3.63, 3.8) is 0 Å². The van der Waals surface area contributed by atoms with E-state index in [-0.39, 0.29) is 5.54 Å². The van der Waals surface area contributed by atoms with Gasteiger partial charge in [-0.15, -0.1) is 0 Å². The van der Waals surface area contributed by atoms with Crippen molar-refractivity contribution in [1.29, 1.82) is 0 Å². The highest BCUT2D eigenvalue weighted by Gasteiger charge is 2.12. The van der Waals surface area contributed by atoms with Gasteiger partial charge in [0.25, 0.3) is 0 Å². The molecule has 0 aliphatic heterocycles. The Kier molecular flexibility index (Phi) is 5.91. The summed E-state index contributed by atoms with van der Waals surface area (Å²) in [4.78, 5) is 0. The molecule has 0 spiro atoms. The third kappa shape index (κ3) is 5.56. The summed E-state index contributed by atoms with van der Waals surface area (Å²) in [5.41, 5.74) is 2.40. The number of hydrogen-bond acceptors (Lipinski definition) is 1. The maximum atomic E-state index is 6.24. The molecule has 0 aliphatic rings. The second-order valence-electron chi connectivity index (χ2n) is 6.12. The van der Waals surface area contributed by atoms with Crippen LogP contribution in [0.1, 0.15) is 40.2 Å². The summed E-state index contributed by atoms with van der Waals surface area (Å²) < 4.78 is 0.